The molecule has 1 heterocycles. The molecule has 1 atom stereocenters. The standard InChI is InChI=1S/C16H16BrNO3S2/c1-9(2)7-12(15(20)21)18-14(19)13(23-16(18)22)8-10-3-5-11(17)6-4-10/h3-6,8-9,12H,7H2,1-2H3,(H,20,21)/b13-8-/t12-/m0/s1. The van der Waals surface area contributed by atoms with Crippen molar-refractivity contribution >= 4 is 62.2 Å². The van der Waals surface area contributed by atoms with Gasteiger partial charge in [-0.15, -0.1) is 0 Å². The Morgan fingerprint density at radius 3 is 2.52 bits per heavy atom. The van der Waals surface area contributed by atoms with Crippen molar-refractivity contribution in [3.8, 4) is 0 Å². The highest BCUT2D eigenvalue weighted by molar-refractivity contribution is 9.10. The lowest BCUT2D eigenvalue weighted by Gasteiger charge is -2.24. The van der Waals surface area contributed by atoms with Crippen LogP contribution in [0.25, 0.3) is 6.08 Å². The Bertz CT molecular complexity index is 670. The summed E-state index contributed by atoms with van der Waals surface area (Å²) < 4.78 is 1.25. The number of thiocarbonyl (C=S) groups is 1. The maximum atomic E-state index is 12.6. The topological polar surface area (TPSA) is 57.6 Å². The number of thioether (sulfide) groups is 1. The molecule has 122 valence electrons. The number of nitrogens with zero attached hydrogens (tertiary/aromatic N) is 1. The maximum absolute atomic E-state index is 12.6. The number of amides is 1. The van der Waals surface area contributed by atoms with Crippen LogP contribution in [0.15, 0.2) is 33.6 Å². The summed E-state index contributed by atoms with van der Waals surface area (Å²) >= 11 is 9.74. The number of halogens is 1. The molecule has 2 rings (SSSR count). The maximum Gasteiger partial charge on any atom is 0.326 e. The molecule has 0 spiro atoms. The highest BCUT2D eigenvalue weighted by atomic mass is 79.9. The fourth-order valence-corrected chi connectivity index (χ4v) is 3.84. The quantitative estimate of drug-likeness (QED) is 0.580. The zero-order chi connectivity index (χ0) is 17.1. The van der Waals surface area contributed by atoms with Crippen molar-refractivity contribution in [1.29, 1.82) is 0 Å². The molecule has 1 aliphatic heterocycles. The van der Waals surface area contributed by atoms with Gasteiger partial charge in [-0.2, -0.15) is 0 Å². The van der Waals surface area contributed by atoms with Crippen LogP contribution in [-0.2, 0) is 9.59 Å². The molecular formula is C16H16BrNO3S2. The molecule has 1 aliphatic rings. The largest absolute Gasteiger partial charge is 0.480 e. The Hall–Kier alpha value is -1.18. The smallest absolute Gasteiger partial charge is 0.326 e. The van der Waals surface area contributed by atoms with Gasteiger partial charge in [0.1, 0.15) is 10.4 Å². The first-order chi connectivity index (χ1) is 10.8. The molecule has 23 heavy (non-hydrogen) atoms. The highest BCUT2D eigenvalue weighted by Crippen LogP contribution is 2.35. The van der Waals surface area contributed by atoms with Gasteiger partial charge in [-0.1, -0.05) is 65.9 Å². The summed E-state index contributed by atoms with van der Waals surface area (Å²) in [7, 11) is 0. The van der Waals surface area contributed by atoms with E-state index in [1.165, 1.54) is 4.90 Å². The Morgan fingerprint density at radius 1 is 1.39 bits per heavy atom. The minimum absolute atomic E-state index is 0.149. The van der Waals surface area contributed by atoms with E-state index in [2.05, 4.69) is 15.9 Å². The van der Waals surface area contributed by atoms with Gasteiger partial charge >= 0.3 is 5.97 Å². The van der Waals surface area contributed by atoms with Gasteiger partial charge in [0.05, 0.1) is 4.91 Å². The van der Waals surface area contributed by atoms with Crippen LogP contribution in [0.1, 0.15) is 25.8 Å². The van der Waals surface area contributed by atoms with Gasteiger partial charge < -0.3 is 5.11 Å². The Balaban J connectivity index is 2.28. The Kier molecular flexibility index (Phi) is 6.00. The first kappa shape index (κ1) is 18.2. The van der Waals surface area contributed by atoms with Gasteiger partial charge in [0, 0.05) is 4.47 Å². The minimum Gasteiger partial charge on any atom is -0.480 e. The second-order valence-electron chi connectivity index (χ2n) is 5.59. The number of rotatable bonds is 5. The minimum atomic E-state index is -1.03. The van der Waals surface area contributed by atoms with E-state index in [0.29, 0.717) is 15.6 Å². The van der Waals surface area contributed by atoms with Gasteiger partial charge in [0.2, 0.25) is 0 Å². The summed E-state index contributed by atoms with van der Waals surface area (Å²) in [5, 5.41) is 9.44. The van der Waals surface area contributed by atoms with Crippen LogP contribution in [0.5, 0.6) is 0 Å². The molecule has 0 bridgehead atoms. The van der Waals surface area contributed by atoms with E-state index in [4.69, 9.17) is 12.2 Å². The summed E-state index contributed by atoms with van der Waals surface area (Å²) in [5.74, 6) is -1.22. The van der Waals surface area contributed by atoms with Crippen LogP contribution in [0.4, 0.5) is 0 Å². The molecule has 0 unspecified atom stereocenters. The molecule has 4 nitrogen and oxygen atoms in total. The zero-order valence-corrected chi connectivity index (χ0v) is 15.9. The number of carbonyl (C=O) groups is 2. The summed E-state index contributed by atoms with van der Waals surface area (Å²) in [4.78, 5) is 25.8. The number of carboxylic acid groups (broad SMARTS) is 1. The third-order valence-corrected chi connectivity index (χ3v) is 5.14. The van der Waals surface area contributed by atoms with Crippen LogP contribution < -0.4 is 0 Å². The van der Waals surface area contributed by atoms with Gasteiger partial charge in [0.15, 0.2) is 0 Å². The van der Waals surface area contributed by atoms with Crippen molar-refractivity contribution in [3.63, 3.8) is 0 Å². The second-order valence-corrected chi connectivity index (χ2v) is 8.18. The summed E-state index contributed by atoms with van der Waals surface area (Å²) in [6.45, 7) is 3.84. The van der Waals surface area contributed by atoms with E-state index >= 15 is 0 Å². The number of hydrogen-bond acceptors (Lipinski definition) is 4. The summed E-state index contributed by atoms with van der Waals surface area (Å²) in [5.41, 5.74) is 0.865. The molecule has 7 heteroatoms. The predicted octanol–water partition coefficient (Wildman–Crippen LogP) is 4.15. The molecule has 0 saturated carbocycles. The first-order valence-corrected chi connectivity index (χ1v) is 9.06. The van der Waals surface area contributed by atoms with Crippen LogP contribution in [0, 0.1) is 5.92 Å². The fraction of sp³-hybridized carbons (Fsp3) is 0.312. The van der Waals surface area contributed by atoms with Crippen LogP contribution in [-0.4, -0.2) is 32.2 Å². The van der Waals surface area contributed by atoms with Crippen LogP contribution in [0.2, 0.25) is 0 Å². The van der Waals surface area contributed by atoms with Crippen molar-refractivity contribution in [2.75, 3.05) is 0 Å². The van der Waals surface area contributed by atoms with E-state index < -0.39 is 12.0 Å². The third kappa shape index (κ3) is 4.43. The lowest BCUT2D eigenvalue weighted by Crippen LogP contribution is -2.44. The van der Waals surface area contributed by atoms with Gasteiger partial charge in [0.25, 0.3) is 5.91 Å². The molecule has 1 aromatic carbocycles. The predicted molar refractivity (Wildman–Crippen MR) is 100 cm³/mol. The van der Waals surface area contributed by atoms with Crippen LogP contribution >= 0.6 is 39.9 Å². The van der Waals surface area contributed by atoms with Gasteiger partial charge in [-0.3, -0.25) is 9.69 Å². The van der Waals surface area contributed by atoms with Crippen molar-refractivity contribution in [2.45, 2.75) is 26.3 Å². The zero-order valence-electron chi connectivity index (χ0n) is 12.7. The van der Waals surface area contributed by atoms with Crippen molar-refractivity contribution < 1.29 is 14.7 Å². The molecule has 0 radical (unpaired) electrons. The van der Waals surface area contributed by atoms with E-state index in [1.807, 2.05) is 38.1 Å². The summed E-state index contributed by atoms with van der Waals surface area (Å²) in [6, 6.07) is 6.59. The van der Waals surface area contributed by atoms with Crippen molar-refractivity contribution in [2.24, 2.45) is 5.92 Å². The molecule has 1 N–H and O–H groups in total. The number of carboxylic acids is 1. The molecule has 0 aromatic heterocycles. The Morgan fingerprint density at radius 2 is 2.00 bits per heavy atom. The fourth-order valence-electron chi connectivity index (χ4n) is 2.22. The molecule has 1 aromatic rings. The van der Waals surface area contributed by atoms with Gasteiger partial charge in [-0.05, 0) is 36.1 Å². The SMILES string of the molecule is CC(C)C[C@@H](C(=O)O)N1C(=O)/C(=C/c2ccc(Br)cc2)SC1=S. The number of benzene rings is 1. The van der Waals surface area contributed by atoms with Crippen LogP contribution in [0.3, 0.4) is 0 Å². The number of aliphatic carboxylic acids is 1. The molecule has 1 amide bonds. The first-order valence-electron chi connectivity index (χ1n) is 7.05. The van der Waals surface area contributed by atoms with E-state index in [0.717, 1.165) is 21.8 Å². The summed E-state index contributed by atoms with van der Waals surface area (Å²) in [6.07, 6.45) is 2.10. The second kappa shape index (κ2) is 7.59. The third-order valence-electron chi connectivity index (χ3n) is 3.28. The normalized spacial score (nSPS) is 18.1. The lowest BCUT2D eigenvalue weighted by atomic mass is 10.0. The Labute approximate surface area is 153 Å². The van der Waals surface area contributed by atoms with E-state index in [1.54, 1.807) is 6.08 Å². The monoisotopic (exact) mass is 413 g/mol. The highest BCUT2D eigenvalue weighted by Gasteiger charge is 2.40. The number of carbonyl (C=O) groups excluding carboxylic acids is 1. The average molecular weight is 414 g/mol. The van der Waals surface area contributed by atoms with E-state index in [-0.39, 0.29) is 11.8 Å². The van der Waals surface area contributed by atoms with Crippen molar-refractivity contribution in [3.05, 3.63) is 39.2 Å². The van der Waals surface area contributed by atoms with E-state index in [9.17, 15) is 14.7 Å². The molecule has 1 fully saturated rings. The molecular weight excluding hydrogens is 398 g/mol. The molecule has 1 saturated heterocycles. The number of hydrogen-bond donors (Lipinski definition) is 1. The van der Waals surface area contributed by atoms with Crippen molar-refractivity contribution in [1.82, 2.24) is 4.90 Å². The lowest BCUT2D eigenvalue weighted by molar-refractivity contribution is -0.145. The van der Waals surface area contributed by atoms with Gasteiger partial charge in [-0.25, -0.2) is 4.79 Å². The average Bonchev–Trinajstić information content (AvgIpc) is 2.73. The molecule has 0 aliphatic carbocycles.